The Bertz CT molecular complexity index is 759. The molecule has 26 heavy (non-hydrogen) atoms. The summed E-state index contributed by atoms with van der Waals surface area (Å²) in [6.07, 6.45) is 11.9. The second-order valence-electron chi connectivity index (χ2n) is 7.52. The number of carbonyl (C=O) groups is 1. The molecular weight excluding hydrogens is 328 g/mol. The van der Waals surface area contributed by atoms with Gasteiger partial charge in [0.25, 0.3) is 5.91 Å². The van der Waals surface area contributed by atoms with Crippen molar-refractivity contribution in [2.45, 2.75) is 51.5 Å². The molecule has 0 unspecified atom stereocenters. The van der Waals surface area contributed by atoms with Gasteiger partial charge in [-0.2, -0.15) is 0 Å². The van der Waals surface area contributed by atoms with Crippen molar-refractivity contribution in [2.75, 3.05) is 18.0 Å². The zero-order valence-corrected chi connectivity index (χ0v) is 15.3. The molecule has 0 radical (unpaired) electrons. The Morgan fingerprint density at radius 1 is 1.08 bits per heavy atom. The van der Waals surface area contributed by atoms with E-state index >= 15 is 0 Å². The van der Waals surface area contributed by atoms with E-state index in [1.807, 2.05) is 6.07 Å². The van der Waals surface area contributed by atoms with Crippen LogP contribution in [0.15, 0.2) is 24.9 Å². The normalized spacial score (nSPS) is 19.0. The van der Waals surface area contributed by atoms with Gasteiger partial charge in [-0.25, -0.2) is 15.0 Å². The van der Waals surface area contributed by atoms with Crippen molar-refractivity contribution in [2.24, 2.45) is 5.92 Å². The Hall–Kier alpha value is -2.44. The summed E-state index contributed by atoms with van der Waals surface area (Å²) in [7, 11) is 0. The first-order valence-corrected chi connectivity index (χ1v) is 9.61. The second kappa shape index (κ2) is 7.43. The van der Waals surface area contributed by atoms with Crippen LogP contribution in [0.4, 0.5) is 5.82 Å². The fourth-order valence-corrected chi connectivity index (χ4v) is 3.78. The Kier molecular flexibility index (Phi) is 4.86. The highest BCUT2D eigenvalue weighted by Gasteiger charge is 2.20. The van der Waals surface area contributed by atoms with Crippen LogP contribution in [-0.2, 0) is 0 Å². The average Bonchev–Trinajstić information content (AvgIpc) is 3.34. The summed E-state index contributed by atoms with van der Waals surface area (Å²) in [5.41, 5.74) is 0.434. The van der Waals surface area contributed by atoms with E-state index in [0.29, 0.717) is 11.7 Å². The van der Waals surface area contributed by atoms with Crippen LogP contribution in [-0.4, -0.2) is 44.6 Å². The number of nitrogens with zero attached hydrogens (tertiary/aromatic N) is 5. The maximum atomic E-state index is 12.4. The molecule has 0 bridgehead atoms. The predicted octanol–water partition coefficient (Wildman–Crippen LogP) is 2.57. The highest BCUT2D eigenvalue weighted by Crippen LogP contribution is 2.22. The van der Waals surface area contributed by atoms with Crippen LogP contribution in [0.3, 0.4) is 0 Å². The maximum Gasteiger partial charge on any atom is 0.271 e. The molecular formula is C19H26N6O. The number of hydrogen-bond donors (Lipinski definition) is 1. The quantitative estimate of drug-likeness (QED) is 0.913. The van der Waals surface area contributed by atoms with Gasteiger partial charge in [0.15, 0.2) is 0 Å². The predicted molar refractivity (Wildman–Crippen MR) is 99.5 cm³/mol. The number of rotatable bonds is 4. The topological polar surface area (TPSA) is 75.9 Å². The minimum atomic E-state index is -0.102. The second-order valence-corrected chi connectivity index (χ2v) is 7.52. The Morgan fingerprint density at radius 3 is 2.58 bits per heavy atom. The van der Waals surface area contributed by atoms with Gasteiger partial charge in [0, 0.05) is 31.4 Å². The lowest BCUT2D eigenvalue weighted by Crippen LogP contribution is -2.33. The van der Waals surface area contributed by atoms with E-state index in [1.54, 1.807) is 23.4 Å². The van der Waals surface area contributed by atoms with Gasteiger partial charge in [-0.3, -0.25) is 9.36 Å². The van der Waals surface area contributed by atoms with E-state index in [0.717, 1.165) is 43.5 Å². The van der Waals surface area contributed by atoms with Gasteiger partial charge >= 0.3 is 0 Å². The van der Waals surface area contributed by atoms with Crippen LogP contribution in [0.5, 0.6) is 0 Å². The number of nitrogens with one attached hydrogen (secondary N) is 1. The maximum absolute atomic E-state index is 12.4. The van der Waals surface area contributed by atoms with Crippen LogP contribution >= 0.6 is 0 Å². The fourth-order valence-electron chi connectivity index (χ4n) is 3.78. The van der Waals surface area contributed by atoms with Crippen molar-refractivity contribution in [3.05, 3.63) is 30.6 Å². The summed E-state index contributed by atoms with van der Waals surface area (Å²) >= 11 is 0. The lowest BCUT2D eigenvalue weighted by molar-refractivity contribution is 0.0933. The van der Waals surface area contributed by atoms with Crippen molar-refractivity contribution in [1.82, 2.24) is 24.8 Å². The van der Waals surface area contributed by atoms with Crippen molar-refractivity contribution in [1.29, 1.82) is 0 Å². The van der Waals surface area contributed by atoms with E-state index in [4.69, 9.17) is 0 Å². The molecule has 1 aliphatic heterocycles. The SMILES string of the molecule is CC1CCN(c2cc(-n3cnc(C(=O)NC4CCCC4)c3)ncn2)CC1. The number of piperidine rings is 1. The molecule has 1 N–H and O–H groups in total. The van der Waals surface area contributed by atoms with Gasteiger partial charge in [-0.15, -0.1) is 0 Å². The lowest BCUT2D eigenvalue weighted by Gasteiger charge is -2.31. The monoisotopic (exact) mass is 354 g/mol. The molecule has 4 rings (SSSR count). The molecule has 1 aliphatic carbocycles. The molecule has 2 aliphatic rings. The molecule has 7 heteroatoms. The molecule has 1 saturated heterocycles. The fraction of sp³-hybridized carbons (Fsp3) is 0.579. The zero-order valence-electron chi connectivity index (χ0n) is 15.3. The number of imidazole rings is 1. The summed E-state index contributed by atoms with van der Waals surface area (Å²) in [6, 6.07) is 2.26. The number of carbonyl (C=O) groups excluding carboxylic acids is 1. The molecule has 2 aromatic rings. The Labute approximate surface area is 153 Å². The molecule has 0 spiro atoms. The number of anilines is 1. The molecule has 1 amide bonds. The van der Waals surface area contributed by atoms with E-state index in [-0.39, 0.29) is 5.91 Å². The van der Waals surface area contributed by atoms with Crippen molar-refractivity contribution >= 4 is 11.7 Å². The smallest absolute Gasteiger partial charge is 0.271 e. The standard InChI is InChI=1S/C19H26N6O/c1-14-6-8-24(9-7-14)17-10-18(21-12-20-17)25-11-16(22-13-25)19(26)23-15-4-2-3-5-15/h10-15H,2-9H2,1H3,(H,23,26). The van der Waals surface area contributed by atoms with E-state index < -0.39 is 0 Å². The largest absolute Gasteiger partial charge is 0.356 e. The first-order valence-electron chi connectivity index (χ1n) is 9.61. The first kappa shape index (κ1) is 17.0. The zero-order chi connectivity index (χ0) is 17.9. The van der Waals surface area contributed by atoms with Crippen LogP contribution in [0, 0.1) is 5.92 Å². The van der Waals surface area contributed by atoms with Gasteiger partial charge in [0.1, 0.15) is 30.0 Å². The molecule has 3 heterocycles. The van der Waals surface area contributed by atoms with E-state index in [9.17, 15) is 4.79 Å². The lowest BCUT2D eigenvalue weighted by atomic mass is 9.99. The highest BCUT2D eigenvalue weighted by atomic mass is 16.2. The van der Waals surface area contributed by atoms with Crippen LogP contribution < -0.4 is 10.2 Å². The summed E-state index contributed by atoms with van der Waals surface area (Å²) in [5.74, 6) is 2.35. The summed E-state index contributed by atoms with van der Waals surface area (Å²) in [5, 5.41) is 3.07. The molecule has 1 saturated carbocycles. The average molecular weight is 354 g/mol. The van der Waals surface area contributed by atoms with E-state index in [1.165, 1.54) is 25.7 Å². The minimum Gasteiger partial charge on any atom is -0.356 e. The summed E-state index contributed by atoms with van der Waals surface area (Å²) in [4.78, 5) is 27.7. The summed E-state index contributed by atoms with van der Waals surface area (Å²) in [6.45, 7) is 4.35. The van der Waals surface area contributed by atoms with E-state index in [2.05, 4.69) is 32.1 Å². The number of hydrogen-bond acceptors (Lipinski definition) is 5. The first-order chi connectivity index (χ1) is 12.7. The molecule has 0 aromatic carbocycles. The molecule has 0 atom stereocenters. The van der Waals surface area contributed by atoms with Gasteiger partial charge in [-0.1, -0.05) is 19.8 Å². The van der Waals surface area contributed by atoms with Crippen LogP contribution in [0.25, 0.3) is 5.82 Å². The molecule has 2 aromatic heterocycles. The Morgan fingerprint density at radius 2 is 1.81 bits per heavy atom. The number of aromatic nitrogens is 4. The van der Waals surface area contributed by atoms with Crippen molar-refractivity contribution < 1.29 is 4.79 Å². The van der Waals surface area contributed by atoms with Crippen LogP contribution in [0.2, 0.25) is 0 Å². The minimum absolute atomic E-state index is 0.102. The molecule has 138 valence electrons. The molecule has 7 nitrogen and oxygen atoms in total. The molecule has 2 fully saturated rings. The third-order valence-corrected chi connectivity index (χ3v) is 5.52. The van der Waals surface area contributed by atoms with Crippen molar-refractivity contribution in [3.8, 4) is 5.82 Å². The van der Waals surface area contributed by atoms with Crippen molar-refractivity contribution in [3.63, 3.8) is 0 Å². The third kappa shape index (κ3) is 3.71. The highest BCUT2D eigenvalue weighted by molar-refractivity contribution is 5.92. The van der Waals surface area contributed by atoms with Gasteiger partial charge < -0.3 is 10.2 Å². The van der Waals surface area contributed by atoms with Crippen LogP contribution in [0.1, 0.15) is 55.9 Å². The van der Waals surface area contributed by atoms with Gasteiger partial charge in [0.2, 0.25) is 0 Å². The number of amides is 1. The summed E-state index contributed by atoms with van der Waals surface area (Å²) < 4.78 is 1.79. The third-order valence-electron chi connectivity index (χ3n) is 5.52. The van der Waals surface area contributed by atoms with Gasteiger partial charge in [0.05, 0.1) is 0 Å². The Balaban J connectivity index is 1.47. The van der Waals surface area contributed by atoms with Gasteiger partial charge in [-0.05, 0) is 31.6 Å².